The van der Waals surface area contributed by atoms with E-state index in [1.807, 2.05) is 7.05 Å². The van der Waals surface area contributed by atoms with Crippen molar-refractivity contribution in [3.05, 3.63) is 29.8 Å². The molecule has 1 saturated carbocycles. The highest BCUT2D eigenvalue weighted by Gasteiger charge is 2.29. The average molecular weight is 381 g/mol. The summed E-state index contributed by atoms with van der Waals surface area (Å²) in [6.07, 6.45) is 4.28. The molecule has 0 N–H and O–H groups in total. The number of carbonyl (C=O) groups is 1. The molecule has 144 valence electrons. The summed E-state index contributed by atoms with van der Waals surface area (Å²) >= 11 is 0. The summed E-state index contributed by atoms with van der Waals surface area (Å²) in [6.45, 7) is 3.75. The molecule has 3 rings (SSSR count). The molecule has 2 aliphatic rings. The van der Waals surface area contributed by atoms with Crippen molar-refractivity contribution in [2.24, 2.45) is 5.92 Å². The number of hydrogen-bond acceptors (Lipinski definition) is 4. The van der Waals surface area contributed by atoms with E-state index in [0.29, 0.717) is 31.9 Å². The lowest BCUT2D eigenvalue weighted by Gasteiger charge is -2.33. The van der Waals surface area contributed by atoms with Gasteiger partial charge in [0.25, 0.3) is 5.91 Å². The Hall–Kier alpha value is -1.44. The van der Waals surface area contributed by atoms with Gasteiger partial charge in [-0.05, 0) is 49.8 Å². The molecule has 0 unspecified atom stereocenters. The van der Waals surface area contributed by atoms with E-state index in [1.165, 1.54) is 10.4 Å². The van der Waals surface area contributed by atoms with Gasteiger partial charge in [-0.25, -0.2) is 8.42 Å². The van der Waals surface area contributed by atoms with Crippen LogP contribution in [-0.4, -0.2) is 62.9 Å². The summed E-state index contributed by atoms with van der Waals surface area (Å²) in [5, 5.41) is 0. The monoisotopic (exact) mass is 380 g/mol. The molecule has 0 atom stereocenters. The molecule has 1 aromatic rings. The lowest BCUT2D eigenvalue weighted by atomic mass is 9.86. The van der Waals surface area contributed by atoms with Gasteiger partial charge in [0.2, 0.25) is 10.0 Å². The lowest BCUT2D eigenvalue weighted by Crippen LogP contribution is -2.41. The number of rotatable bonds is 4. The zero-order chi connectivity index (χ0) is 18.7. The molecule has 1 amide bonds. The van der Waals surface area contributed by atoms with Crippen LogP contribution >= 0.6 is 0 Å². The van der Waals surface area contributed by atoms with Gasteiger partial charge in [-0.1, -0.05) is 13.0 Å². The number of hydrogen-bond donors (Lipinski definition) is 0. The SMILES string of the molecule is CC1CCC(N(C)C(=O)c2cccc(S(=O)(=O)N3CCOCC3)c2)CC1. The Kier molecular flexibility index (Phi) is 5.99. The molecule has 0 spiro atoms. The van der Waals surface area contributed by atoms with Gasteiger partial charge in [0, 0.05) is 31.7 Å². The molecule has 7 heteroatoms. The van der Waals surface area contributed by atoms with Crippen molar-refractivity contribution in [1.29, 1.82) is 0 Å². The van der Waals surface area contributed by atoms with Crippen LogP contribution in [0.1, 0.15) is 43.0 Å². The average Bonchev–Trinajstić information content (AvgIpc) is 2.68. The first-order valence-corrected chi connectivity index (χ1v) is 10.8. The fourth-order valence-corrected chi connectivity index (χ4v) is 5.18. The van der Waals surface area contributed by atoms with Crippen LogP contribution in [0.4, 0.5) is 0 Å². The zero-order valence-electron chi connectivity index (χ0n) is 15.6. The standard InChI is InChI=1S/C19H28N2O4S/c1-15-6-8-17(9-7-15)20(2)19(22)16-4-3-5-18(14-16)26(23,24)21-10-12-25-13-11-21/h3-5,14-15,17H,6-13H2,1-2H3. The molecule has 1 saturated heterocycles. The molecule has 1 aliphatic carbocycles. The van der Waals surface area contributed by atoms with E-state index in [4.69, 9.17) is 4.74 Å². The van der Waals surface area contributed by atoms with Crippen LogP contribution in [-0.2, 0) is 14.8 Å². The second-order valence-electron chi connectivity index (χ2n) is 7.37. The van der Waals surface area contributed by atoms with Gasteiger partial charge in [-0.2, -0.15) is 4.31 Å². The van der Waals surface area contributed by atoms with Gasteiger partial charge >= 0.3 is 0 Å². The van der Waals surface area contributed by atoms with Crippen LogP contribution < -0.4 is 0 Å². The van der Waals surface area contributed by atoms with Crippen molar-refractivity contribution in [2.45, 2.75) is 43.5 Å². The second-order valence-corrected chi connectivity index (χ2v) is 9.31. The minimum atomic E-state index is -3.59. The summed E-state index contributed by atoms with van der Waals surface area (Å²) < 4.78 is 32.3. The van der Waals surface area contributed by atoms with Crippen LogP contribution in [0.5, 0.6) is 0 Å². The Morgan fingerprint density at radius 2 is 1.81 bits per heavy atom. The van der Waals surface area contributed by atoms with Crippen molar-refractivity contribution in [2.75, 3.05) is 33.4 Å². The highest BCUT2D eigenvalue weighted by atomic mass is 32.2. The maximum Gasteiger partial charge on any atom is 0.253 e. The van der Waals surface area contributed by atoms with E-state index in [2.05, 4.69) is 6.92 Å². The minimum absolute atomic E-state index is 0.108. The first-order valence-electron chi connectivity index (χ1n) is 9.34. The summed E-state index contributed by atoms with van der Waals surface area (Å²) in [4.78, 5) is 14.8. The Bertz CT molecular complexity index is 736. The van der Waals surface area contributed by atoms with Crippen LogP contribution in [0.3, 0.4) is 0 Å². The van der Waals surface area contributed by atoms with Gasteiger partial charge in [0.15, 0.2) is 0 Å². The van der Waals surface area contributed by atoms with E-state index in [1.54, 1.807) is 23.1 Å². The number of benzene rings is 1. The molecule has 0 aromatic heterocycles. The number of nitrogens with zero attached hydrogens (tertiary/aromatic N) is 2. The smallest absolute Gasteiger partial charge is 0.253 e. The van der Waals surface area contributed by atoms with Crippen molar-refractivity contribution in [1.82, 2.24) is 9.21 Å². The highest BCUT2D eigenvalue weighted by Crippen LogP contribution is 2.27. The summed E-state index contributed by atoms with van der Waals surface area (Å²) in [6, 6.07) is 6.65. The normalized spacial score (nSPS) is 25.0. The molecule has 0 bridgehead atoms. The summed E-state index contributed by atoms with van der Waals surface area (Å²) in [5.41, 5.74) is 0.431. The molecule has 1 aromatic carbocycles. The quantitative estimate of drug-likeness (QED) is 0.804. The van der Waals surface area contributed by atoms with E-state index >= 15 is 0 Å². The third kappa shape index (κ3) is 4.10. The van der Waals surface area contributed by atoms with Gasteiger partial charge < -0.3 is 9.64 Å². The Morgan fingerprint density at radius 1 is 1.15 bits per heavy atom. The van der Waals surface area contributed by atoms with Crippen LogP contribution in [0.2, 0.25) is 0 Å². The van der Waals surface area contributed by atoms with E-state index in [0.717, 1.165) is 31.6 Å². The van der Waals surface area contributed by atoms with Crippen molar-refractivity contribution < 1.29 is 17.9 Å². The zero-order valence-corrected chi connectivity index (χ0v) is 16.4. The fraction of sp³-hybridized carbons (Fsp3) is 0.632. The summed E-state index contributed by atoms with van der Waals surface area (Å²) in [7, 11) is -1.77. The van der Waals surface area contributed by atoms with Crippen molar-refractivity contribution in [3.8, 4) is 0 Å². The first kappa shape index (κ1) is 19.3. The first-order chi connectivity index (χ1) is 12.4. The Labute approximate surface area is 156 Å². The third-order valence-corrected chi connectivity index (χ3v) is 7.44. The lowest BCUT2D eigenvalue weighted by molar-refractivity contribution is 0.0679. The predicted octanol–water partition coefficient (Wildman–Crippen LogP) is 2.36. The highest BCUT2D eigenvalue weighted by molar-refractivity contribution is 7.89. The maximum absolute atomic E-state index is 12.9. The largest absolute Gasteiger partial charge is 0.379 e. The molecule has 2 fully saturated rings. The number of carbonyl (C=O) groups excluding carboxylic acids is 1. The van der Waals surface area contributed by atoms with Crippen molar-refractivity contribution in [3.63, 3.8) is 0 Å². The van der Waals surface area contributed by atoms with E-state index in [9.17, 15) is 13.2 Å². The van der Waals surface area contributed by atoms with Gasteiger partial charge in [-0.3, -0.25) is 4.79 Å². The molecular weight excluding hydrogens is 352 g/mol. The Balaban J connectivity index is 1.77. The molecular formula is C19H28N2O4S. The topological polar surface area (TPSA) is 66.9 Å². The van der Waals surface area contributed by atoms with Gasteiger partial charge in [0.1, 0.15) is 0 Å². The van der Waals surface area contributed by atoms with E-state index < -0.39 is 10.0 Å². The van der Waals surface area contributed by atoms with E-state index in [-0.39, 0.29) is 16.8 Å². The molecule has 1 aliphatic heterocycles. The number of amides is 1. The fourth-order valence-electron chi connectivity index (χ4n) is 3.72. The second kappa shape index (κ2) is 8.06. The van der Waals surface area contributed by atoms with Crippen molar-refractivity contribution >= 4 is 15.9 Å². The molecule has 1 heterocycles. The molecule has 0 radical (unpaired) electrons. The van der Waals surface area contributed by atoms with Crippen LogP contribution in [0.25, 0.3) is 0 Å². The number of sulfonamides is 1. The van der Waals surface area contributed by atoms with Gasteiger partial charge in [0.05, 0.1) is 18.1 Å². The van der Waals surface area contributed by atoms with Crippen LogP contribution in [0, 0.1) is 5.92 Å². The molecule has 6 nitrogen and oxygen atoms in total. The maximum atomic E-state index is 12.9. The Morgan fingerprint density at radius 3 is 2.46 bits per heavy atom. The minimum Gasteiger partial charge on any atom is -0.379 e. The predicted molar refractivity (Wildman–Crippen MR) is 99.5 cm³/mol. The molecule has 26 heavy (non-hydrogen) atoms. The third-order valence-electron chi connectivity index (χ3n) is 5.54. The number of ether oxygens (including phenoxy) is 1. The number of morpholine rings is 1. The van der Waals surface area contributed by atoms with Crippen LogP contribution in [0.15, 0.2) is 29.2 Å². The van der Waals surface area contributed by atoms with Gasteiger partial charge in [-0.15, -0.1) is 0 Å². The summed E-state index contributed by atoms with van der Waals surface area (Å²) in [5.74, 6) is 0.611.